The Kier molecular flexibility index (Phi) is 5.83. The third-order valence-corrected chi connectivity index (χ3v) is 4.14. The van der Waals surface area contributed by atoms with Gasteiger partial charge >= 0.3 is 0 Å². The van der Waals surface area contributed by atoms with E-state index < -0.39 is 0 Å². The monoisotopic (exact) mass is 263 g/mol. The minimum Gasteiger partial charge on any atom is -0.330 e. The molecule has 84 valence electrons. The van der Waals surface area contributed by atoms with Gasteiger partial charge in [0.15, 0.2) is 0 Å². The molecule has 0 spiro atoms. The molecule has 0 aliphatic carbocycles. The van der Waals surface area contributed by atoms with Gasteiger partial charge < -0.3 is 5.73 Å². The van der Waals surface area contributed by atoms with Crippen molar-refractivity contribution in [1.82, 2.24) is 0 Å². The Morgan fingerprint density at radius 1 is 1.33 bits per heavy atom. The highest BCUT2D eigenvalue weighted by molar-refractivity contribution is 7.98. The van der Waals surface area contributed by atoms with Gasteiger partial charge in [0.2, 0.25) is 0 Å². The highest BCUT2D eigenvalue weighted by atomic mass is 35.5. The Balaban J connectivity index is 2.41. The molecule has 1 rings (SSSR count). The van der Waals surface area contributed by atoms with Gasteiger partial charge in [0.05, 0.1) is 10.0 Å². The van der Waals surface area contributed by atoms with Crippen molar-refractivity contribution in [2.24, 2.45) is 11.7 Å². The second-order valence-electron chi connectivity index (χ2n) is 3.60. The van der Waals surface area contributed by atoms with Gasteiger partial charge in [-0.1, -0.05) is 36.2 Å². The molecule has 0 radical (unpaired) electrons. The van der Waals surface area contributed by atoms with Crippen molar-refractivity contribution in [2.75, 3.05) is 12.3 Å². The molecule has 1 atom stereocenters. The predicted molar refractivity (Wildman–Crippen MR) is 70.8 cm³/mol. The van der Waals surface area contributed by atoms with E-state index in [1.807, 2.05) is 30.0 Å². The lowest BCUT2D eigenvalue weighted by molar-refractivity contribution is 0.675. The van der Waals surface area contributed by atoms with Crippen LogP contribution in [0, 0.1) is 5.92 Å². The Labute approximate surface area is 105 Å². The number of hydrogen-bond acceptors (Lipinski definition) is 2. The summed E-state index contributed by atoms with van der Waals surface area (Å²) >= 11 is 13.6. The van der Waals surface area contributed by atoms with Crippen molar-refractivity contribution in [2.45, 2.75) is 12.7 Å². The van der Waals surface area contributed by atoms with E-state index in [0.717, 1.165) is 18.1 Å². The van der Waals surface area contributed by atoms with Gasteiger partial charge in [0.1, 0.15) is 0 Å². The molecule has 1 aromatic rings. The maximum Gasteiger partial charge on any atom is 0.0595 e. The van der Waals surface area contributed by atoms with Crippen LogP contribution in [-0.4, -0.2) is 12.3 Å². The SMILES string of the molecule is CC(CN)CSCc1ccc(Cl)c(Cl)c1. The van der Waals surface area contributed by atoms with Crippen molar-refractivity contribution in [1.29, 1.82) is 0 Å². The predicted octanol–water partition coefficient (Wildman–Crippen LogP) is 3.82. The van der Waals surface area contributed by atoms with Crippen LogP contribution in [0.4, 0.5) is 0 Å². The summed E-state index contributed by atoms with van der Waals surface area (Å²) in [5.41, 5.74) is 6.75. The van der Waals surface area contributed by atoms with E-state index in [9.17, 15) is 0 Å². The van der Waals surface area contributed by atoms with Crippen LogP contribution in [0.1, 0.15) is 12.5 Å². The number of thioether (sulfide) groups is 1. The molecule has 0 fully saturated rings. The molecule has 1 unspecified atom stereocenters. The minimum atomic E-state index is 0.567. The van der Waals surface area contributed by atoms with Gasteiger partial charge in [0, 0.05) is 5.75 Å². The topological polar surface area (TPSA) is 26.0 Å². The van der Waals surface area contributed by atoms with Crippen LogP contribution < -0.4 is 5.73 Å². The molecule has 15 heavy (non-hydrogen) atoms. The number of benzene rings is 1. The quantitative estimate of drug-likeness (QED) is 0.874. The minimum absolute atomic E-state index is 0.567. The maximum absolute atomic E-state index is 5.92. The van der Waals surface area contributed by atoms with E-state index >= 15 is 0 Å². The standard InChI is InChI=1S/C11H15Cl2NS/c1-8(5-14)6-15-7-9-2-3-10(12)11(13)4-9/h2-4,8H,5-7,14H2,1H3. The van der Waals surface area contributed by atoms with Gasteiger partial charge in [-0.05, 0) is 35.9 Å². The molecule has 2 N–H and O–H groups in total. The molecule has 4 heteroatoms. The first-order valence-corrected chi connectivity index (χ1v) is 6.76. The third-order valence-electron chi connectivity index (χ3n) is 2.06. The second-order valence-corrected chi connectivity index (χ2v) is 5.45. The number of nitrogens with two attached hydrogens (primary N) is 1. The highest BCUT2D eigenvalue weighted by Gasteiger charge is 2.02. The van der Waals surface area contributed by atoms with E-state index in [2.05, 4.69) is 6.92 Å². The van der Waals surface area contributed by atoms with Crippen LogP contribution in [0.15, 0.2) is 18.2 Å². The molecule has 0 aliphatic rings. The molecular formula is C11H15Cl2NS. The summed E-state index contributed by atoms with van der Waals surface area (Å²) in [6.07, 6.45) is 0. The molecule has 0 saturated carbocycles. The van der Waals surface area contributed by atoms with E-state index in [1.165, 1.54) is 5.56 Å². The number of halogens is 2. The van der Waals surface area contributed by atoms with Crippen LogP contribution in [0.3, 0.4) is 0 Å². The fourth-order valence-corrected chi connectivity index (χ4v) is 2.47. The molecule has 0 aromatic heterocycles. The van der Waals surface area contributed by atoms with E-state index in [4.69, 9.17) is 28.9 Å². The third kappa shape index (κ3) is 4.64. The zero-order valence-corrected chi connectivity index (χ0v) is 11.0. The summed E-state index contributed by atoms with van der Waals surface area (Å²) in [6, 6.07) is 5.77. The van der Waals surface area contributed by atoms with Crippen molar-refractivity contribution in [3.63, 3.8) is 0 Å². The maximum atomic E-state index is 5.92. The molecule has 1 nitrogen and oxygen atoms in total. The smallest absolute Gasteiger partial charge is 0.0595 e. The zero-order valence-electron chi connectivity index (χ0n) is 8.67. The van der Waals surface area contributed by atoms with Gasteiger partial charge in [-0.25, -0.2) is 0 Å². The molecule has 0 aliphatic heterocycles. The largest absolute Gasteiger partial charge is 0.330 e. The fraction of sp³-hybridized carbons (Fsp3) is 0.455. The average Bonchev–Trinajstić information content (AvgIpc) is 2.23. The summed E-state index contributed by atoms with van der Waals surface area (Å²) in [7, 11) is 0. The van der Waals surface area contributed by atoms with Crippen molar-refractivity contribution in [3.8, 4) is 0 Å². The van der Waals surface area contributed by atoms with Crippen molar-refractivity contribution in [3.05, 3.63) is 33.8 Å². The lowest BCUT2D eigenvalue weighted by atomic mass is 10.2. The Bertz CT molecular complexity index is 317. The van der Waals surface area contributed by atoms with E-state index in [1.54, 1.807) is 0 Å². The molecule has 0 heterocycles. The summed E-state index contributed by atoms with van der Waals surface area (Å²) < 4.78 is 0. The second kappa shape index (κ2) is 6.64. The average molecular weight is 264 g/mol. The molecular weight excluding hydrogens is 249 g/mol. The zero-order chi connectivity index (χ0) is 11.3. The summed E-state index contributed by atoms with van der Waals surface area (Å²) in [4.78, 5) is 0. The number of hydrogen-bond donors (Lipinski definition) is 1. The molecule has 0 amide bonds. The molecule has 1 aromatic carbocycles. The first kappa shape index (κ1) is 13.2. The highest BCUT2D eigenvalue weighted by Crippen LogP contribution is 2.25. The fourth-order valence-electron chi connectivity index (χ4n) is 1.08. The molecule has 0 saturated heterocycles. The van der Waals surface area contributed by atoms with Crippen molar-refractivity contribution < 1.29 is 0 Å². The number of rotatable bonds is 5. The van der Waals surface area contributed by atoms with Crippen molar-refractivity contribution >= 4 is 35.0 Å². The lowest BCUT2D eigenvalue weighted by Crippen LogP contribution is -2.12. The van der Waals surface area contributed by atoms with Gasteiger partial charge in [-0.3, -0.25) is 0 Å². The molecule has 0 bridgehead atoms. The summed E-state index contributed by atoms with van der Waals surface area (Å²) in [6.45, 7) is 2.90. The summed E-state index contributed by atoms with van der Waals surface area (Å²) in [5, 5.41) is 1.24. The van der Waals surface area contributed by atoms with Gasteiger partial charge in [-0.15, -0.1) is 0 Å². The van der Waals surface area contributed by atoms with Crippen LogP contribution in [0.2, 0.25) is 10.0 Å². The van der Waals surface area contributed by atoms with Gasteiger partial charge in [0.25, 0.3) is 0 Å². The van der Waals surface area contributed by atoms with Crippen LogP contribution >= 0.6 is 35.0 Å². The lowest BCUT2D eigenvalue weighted by Gasteiger charge is -2.08. The van der Waals surface area contributed by atoms with Crippen LogP contribution in [-0.2, 0) is 5.75 Å². The van der Waals surface area contributed by atoms with Gasteiger partial charge in [-0.2, -0.15) is 11.8 Å². The first-order valence-electron chi connectivity index (χ1n) is 4.85. The van der Waals surface area contributed by atoms with Crippen LogP contribution in [0.5, 0.6) is 0 Å². The Morgan fingerprint density at radius 2 is 2.07 bits per heavy atom. The van der Waals surface area contributed by atoms with E-state index in [0.29, 0.717) is 16.0 Å². The summed E-state index contributed by atoms with van der Waals surface area (Å²) in [5.74, 6) is 2.61. The first-order chi connectivity index (χ1) is 7.13. The normalized spacial score (nSPS) is 12.8. The van der Waals surface area contributed by atoms with Crippen LogP contribution in [0.25, 0.3) is 0 Å². The Hall–Kier alpha value is 0.110. The van der Waals surface area contributed by atoms with E-state index in [-0.39, 0.29) is 0 Å². The Morgan fingerprint density at radius 3 is 2.67 bits per heavy atom.